The predicted molar refractivity (Wildman–Crippen MR) is 117 cm³/mol. The molecule has 4 N–H and O–H groups in total. The molecule has 2 aliphatic rings. The van der Waals surface area contributed by atoms with Crippen LogP contribution in [0.15, 0.2) is 30.3 Å². The molecule has 4 rings (SSSR count). The number of aliphatic hydroxyl groups is 4. The third kappa shape index (κ3) is 4.33. The third-order valence-corrected chi connectivity index (χ3v) is 6.64. The highest BCUT2D eigenvalue weighted by atomic mass is 35.5. The lowest BCUT2D eigenvalue weighted by Crippen LogP contribution is -2.55. The highest BCUT2D eigenvalue weighted by Gasteiger charge is 2.45. The zero-order chi connectivity index (χ0) is 22.1. The van der Waals surface area contributed by atoms with Crippen molar-refractivity contribution >= 4 is 11.6 Å². The standard InChI is InChI=1S/C24H29ClO6/c1-2-3-13-4-6-14(7-5-13)10-15-11-17(23-16(19(15)25)8-9-30-23)24-22(29)21(28)20(27)18(12-26)31-24/h4-7,11,18,20-22,24,26-29H,2-3,8-10,12H2,1H3. The molecule has 0 aromatic heterocycles. The first-order chi connectivity index (χ1) is 14.9. The van der Waals surface area contributed by atoms with Gasteiger partial charge in [-0.15, -0.1) is 0 Å². The van der Waals surface area contributed by atoms with E-state index in [1.54, 1.807) is 0 Å². The molecule has 1 saturated heterocycles. The molecule has 0 saturated carbocycles. The van der Waals surface area contributed by atoms with Crippen LogP contribution in [0.25, 0.3) is 0 Å². The molecule has 2 heterocycles. The average molecular weight is 449 g/mol. The molecular weight excluding hydrogens is 420 g/mol. The maximum atomic E-state index is 10.6. The van der Waals surface area contributed by atoms with Crippen LogP contribution in [0.1, 0.15) is 47.3 Å². The van der Waals surface area contributed by atoms with Gasteiger partial charge in [-0.3, -0.25) is 0 Å². The van der Waals surface area contributed by atoms with Crippen LogP contribution in [0.5, 0.6) is 5.75 Å². The smallest absolute Gasteiger partial charge is 0.130 e. The summed E-state index contributed by atoms with van der Waals surface area (Å²) in [6, 6.07) is 10.3. The van der Waals surface area contributed by atoms with Crippen molar-refractivity contribution in [3.8, 4) is 5.75 Å². The summed E-state index contributed by atoms with van der Waals surface area (Å²) in [7, 11) is 0. The van der Waals surface area contributed by atoms with Gasteiger partial charge in [-0.1, -0.05) is 49.2 Å². The van der Waals surface area contributed by atoms with Gasteiger partial charge in [0.1, 0.15) is 36.3 Å². The largest absolute Gasteiger partial charge is 0.493 e. The van der Waals surface area contributed by atoms with E-state index < -0.39 is 37.1 Å². The summed E-state index contributed by atoms with van der Waals surface area (Å²) in [6.07, 6.45) is -2.77. The second kappa shape index (κ2) is 9.45. The van der Waals surface area contributed by atoms with Crippen molar-refractivity contribution in [2.75, 3.05) is 13.2 Å². The van der Waals surface area contributed by atoms with Gasteiger partial charge in [0.25, 0.3) is 0 Å². The second-order valence-electron chi connectivity index (χ2n) is 8.34. The molecule has 6 nitrogen and oxygen atoms in total. The normalized spacial score (nSPS) is 27.7. The van der Waals surface area contributed by atoms with E-state index in [4.69, 9.17) is 21.1 Å². The van der Waals surface area contributed by atoms with Gasteiger partial charge in [-0.2, -0.15) is 0 Å². The van der Waals surface area contributed by atoms with Crippen molar-refractivity contribution in [2.45, 2.75) is 63.1 Å². The first kappa shape index (κ1) is 22.5. The van der Waals surface area contributed by atoms with Gasteiger partial charge in [-0.05, 0) is 35.6 Å². The SMILES string of the molecule is CCCc1ccc(Cc2cc(C3OC(CO)C(O)C(O)C3O)c3c(c2Cl)CCO3)cc1. The first-order valence-electron chi connectivity index (χ1n) is 10.8. The molecule has 2 aromatic carbocycles. The van der Waals surface area contributed by atoms with E-state index in [-0.39, 0.29) is 0 Å². The first-order valence-corrected chi connectivity index (χ1v) is 11.2. The van der Waals surface area contributed by atoms with Crippen molar-refractivity contribution in [1.82, 2.24) is 0 Å². The molecule has 7 heteroatoms. The molecule has 5 atom stereocenters. The summed E-state index contributed by atoms with van der Waals surface area (Å²) in [4.78, 5) is 0. The molecule has 0 amide bonds. The topological polar surface area (TPSA) is 99.4 Å². The zero-order valence-corrected chi connectivity index (χ0v) is 18.3. The van der Waals surface area contributed by atoms with Crippen LogP contribution in [0.2, 0.25) is 5.02 Å². The number of aliphatic hydroxyl groups excluding tert-OH is 4. The van der Waals surface area contributed by atoms with Crippen molar-refractivity contribution in [1.29, 1.82) is 0 Å². The summed E-state index contributed by atoms with van der Waals surface area (Å²) < 4.78 is 11.6. The number of hydrogen-bond acceptors (Lipinski definition) is 6. The van der Waals surface area contributed by atoms with Crippen LogP contribution in [0.3, 0.4) is 0 Å². The Balaban J connectivity index is 1.70. The Labute approximate surface area is 187 Å². The number of benzene rings is 2. The fraction of sp³-hybridized carbons (Fsp3) is 0.500. The molecule has 2 aromatic rings. The average Bonchev–Trinajstić information content (AvgIpc) is 3.27. The van der Waals surface area contributed by atoms with Crippen LogP contribution in [0, 0.1) is 0 Å². The Hall–Kier alpha value is -1.67. The van der Waals surface area contributed by atoms with Crippen molar-refractivity contribution < 1.29 is 29.9 Å². The van der Waals surface area contributed by atoms with E-state index in [1.165, 1.54) is 5.56 Å². The van der Waals surface area contributed by atoms with Crippen LogP contribution in [-0.4, -0.2) is 58.1 Å². The van der Waals surface area contributed by atoms with E-state index >= 15 is 0 Å². The quantitative estimate of drug-likeness (QED) is 0.541. The van der Waals surface area contributed by atoms with E-state index in [1.807, 2.05) is 6.07 Å². The lowest BCUT2D eigenvalue weighted by atomic mass is 9.88. The highest BCUT2D eigenvalue weighted by Crippen LogP contribution is 2.45. The molecule has 2 aliphatic heterocycles. The molecule has 0 aliphatic carbocycles. The monoisotopic (exact) mass is 448 g/mol. The van der Waals surface area contributed by atoms with E-state index in [9.17, 15) is 20.4 Å². The molecule has 0 bridgehead atoms. The lowest BCUT2D eigenvalue weighted by Gasteiger charge is -2.40. The fourth-order valence-corrected chi connectivity index (χ4v) is 4.77. The second-order valence-corrected chi connectivity index (χ2v) is 8.72. The summed E-state index contributed by atoms with van der Waals surface area (Å²) in [6.45, 7) is 2.14. The number of fused-ring (bicyclic) bond motifs is 1. The molecule has 31 heavy (non-hydrogen) atoms. The zero-order valence-electron chi connectivity index (χ0n) is 17.5. The van der Waals surface area contributed by atoms with Crippen LogP contribution in [-0.2, 0) is 24.0 Å². The van der Waals surface area contributed by atoms with Gasteiger partial charge in [0.05, 0.1) is 18.2 Å². The third-order valence-electron chi connectivity index (χ3n) is 6.17. The Morgan fingerprint density at radius 1 is 1.03 bits per heavy atom. The number of rotatable bonds is 6. The lowest BCUT2D eigenvalue weighted by molar-refractivity contribution is -0.232. The van der Waals surface area contributed by atoms with Crippen molar-refractivity contribution in [3.05, 3.63) is 63.2 Å². The summed E-state index contributed by atoms with van der Waals surface area (Å²) in [5.41, 5.74) is 4.71. The molecule has 168 valence electrons. The van der Waals surface area contributed by atoms with Crippen LogP contribution in [0.4, 0.5) is 0 Å². The minimum atomic E-state index is -1.45. The Morgan fingerprint density at radius 2 is 1.74 bits per heavy atom. The summed E-state index contributed by atoms with van der Waals surface area (Å²) in [5.74, 6) is 0.552. The molecule has 5 unspecified atom stereocenters. The Bertz CT molecular complexity index is 913. The Kier molecular flexibility index (Phi) is 6.86. The minimum Gasteiger partial charge on any atom is -0.493 e. The van der Waals surface area contributed by atoms with Gasteiger partial charge in [0, 0.05) is 17.5 Å². The molecule has 0 spiro atoms. The highest BCUT2D eigenvalue weighted by molar-refractivity contribution is 6.32. The minimum absolute atomic E-state index is 0.467. The van der Waals surface area contributed by atoms with Crippen LogP contribution < -0.4 is 4.74 Å². The summed E-state index contributed by atoms with van der Waals surface area (Å²) >= 11 is 6.73. The van der Waals surface area contributed by atoms with Gasteiger partial charge < -0.3 is 29.9 Å². The van der Waals surface area contributed by atoms with Gasteiger partial charge in [0.2, 0.25) is 0 Å². The van der Waals surface area contributed by atoms with Gasteiger partial charge in [0.15, 0.2) is 0 Å². The van der Waals surface area contributed by atoms with Crippen molar-refractivity contribution in [3.63, 3.8) is 0 Å². The van der Waals surface area contributed by atoms with E-state index in [2.05, 4.69) is 31.2 Å². The van der Waals surface area contributed by atoms with Crippen molar-refractivity contribution in [2.24, 2.45) is 0 Å². The maximum absolute atomic E-state index is 10.6. The Morgan fingerprint density at radius 3 is 2.42 bits per heavy atom. The number of halogens is 1. The van der Waals surface area contributed by atoms with E-state index in [0.717, 1.165) is 29.5 Å². The summed E-state index contributed by atoms with van der Waals surface area (Å²) in [5, 5.41) is 41.2. The number of hydrogen-bond donors (Lipinski definition) is 4. The molecule has 1 fully saturated rings. The van der Waals surface area contributed by atoms with Gasteiger partial charge in [-0.25, -0.2) is 0 Å². The molecule has 0 radical (unpaired) electrons. The fourth-order valence-electron chi connectivity index (χ4n) is 4.46. The molecular formula is C24H29ClO6. The predicted octanol–water partition coefficient (Wildman–Crippen LogP) is 2.33. The number of aryl methyl sites for hydroxylation is 1. The maximum Gasteiger partial charge on any atom is 0.130 e. The van der Waals surface area contributed by atoms with Crippen LogP contribution >= 0.6 is 11.6 Å². The van der Waals surface area contributed by atoms with E-state index in [0.29, 0.717) is 35.8 Å². The van der Waals surface area contributed by atoms with Gasteiger partial charge >= 0.3 is 0 Å². The number of ether oxygens (including phenoxy) is 2.